The van der Waals surface area contributed by atoms with Crippen molar-refractivity contribution < 1.29 is 23.4 Å². The average Bonchev–Trinajstić information content (AvgIpc) is 2.08. The normalized spacial score (nSPS) is 9.77. The second-order valence-corrected chi connectivity index (χ2v) is 2.27. The van der Waals surface area contributed by atoms with E-state index in [0.717, 1.165) is 0 Å². The summed E-state index contributed by atoms with van der Waals surface area (Å²) in [6.07, 6.45) is 0. The van der Waals surface area contributed by atoms with Gasteiger partial charge in [-0.3, -0.25) is 0 Å². The maximum Gasteiger partial charge on any atom is 0.339 e. The fourth-order valence-electron chi connectivity index (χ4n) is 0.865. The number of rotatable bonds is 2. The third kappa shape index (κ3) is 1.74. The van der Waals surface area contributed by atoms with Crippen LogP contribution >= 0.6 is 0 Å². The smallest absolute Gasteiger partial charge is 0.339 e. The third-order valence-electron chi connectivity index (χ3n) is 1.47. The number of aromatic carboxylic acids is 1. The van der Waals surface area contributed by atoms with Crippen molar-refractivity contribution >= 4 is 5.97 Å². The molecular formula is C8H6F2O3. The van der Waals surface area contributed by atoms with Crippen LogP contribution in [-0.2, 0) is 0 Å². The van der Waals surface area contributed by atoms with E-state index < -0.39 is 23.2 Å². The molecule has 0 atom stereocenters. The van der Waals surface area contributed by atoms with Crippen LogP contribution in [0.5, 0.6) is 5.75 Å². The molecule has 1 aromatic rings. The molecule has 70 valence electrons. The van der Waals surface area contributed by atoms with Gasteiger partial charge in [0.1, 0.15) is 11.3 Å². The van der Waals surface area contributed by atoms with Crippen molar-refractivity contribution in [2.45, 2.75) is 0 Å². The summed E-state index contributed by atoms with van der Waals surface area (Å²) in [4.78, 5) is 10.5. The Balaban J connectivity index is 3.33. The summed E-state index contributed by atoms with van der Waals surface area (Å²) in [5, 5.41) is 8.54. The fraction of sp³-hybridized carbons (Fsp3) is 0.125. The van der Waals surface area contributed by atoms with Crippen molar-refractivity contribution in [3.63, 3.8) is 0 Å². The molecule has 5 heteroatoms. The van der Waals surface area contributed by atoms with E-state index in [4.69, 9.17) is 5.11 Å². The van der Waals surface area contributed by atoms with Crippen molar-refractivity contribution in [3.8, 4) is 5.75 Å². The standard InChI is InChI=1S/C8H6F2O3/c1-13-7-3-6(10)5(9)2-4(7)8(11)12/h2-3H,1H3,(H,11,12). The summed E-state index contributed by atoms with van der Waals surface area (Å²) in [6.45, 7) is 0. The van der Waals surface area contributed by atoms with E-state index in [9.17, 15) is 13.6 Å². The third-order valence-corrected chi connectivity index (χ3v) is 1.47. The van der Waals surface area contributed by atoms with Crippen molar-refractivity contribution in [2.75, 3.05) is 7.11 Å². The minimum absolute atomic E-state index is 0.202. The van der Waals surface area contributed by atoms with Crippen LogP contribution in [0.15, 0.2) is 12.1 Å². The summed E-state index contributed by atoms with van der Waals surface area (Å²) in [5.74, 6) is -3.91. The van der Waals surface area contributed by atoms with Gasteiger partial charge in [0.2, 0.25) is 0 Å². The summed E-state index contributed by atoms with van der Waals surface area (Å²) < 4.78 is 29.7. The molecule has 0 amide bonds. The molecule has 13 heavy (non-hydrogen) atoms. The second-order valence-electron chi connectivity index (χ2n) is 2.27. The summed E-state index contributed by atoms with van der Waals surface area (Å²) in [7, 11) is 1.18. The van der Waals surface area contributed by atoms with Gasteiger partial charge in [-0.15, -0.1) is 0 Å². The monoisotopic (exact) mass is 188 g/mol. The fourth-order valence-corrected chi connectivity index (χ4v) is 0.865. The zero-order chi connectivity index (χ0) is 10.0. The first-order chi connectivity index (χ1) is 6.06. The van der Waals surface area contributed by atoms with E-state index in [2.05, 4.69) is 4.74 Å². The molecule has 1 rings (SSSR count). The molecule has 0 spiro atoms. The Kier molecular flexibility index (Phi) is 2.46. The quantitative estimate of drug-likeness (QED) is 0.767. The Labute approximate surface area is 72.6 Å². The van der Waals surface area contributed by atoms with Crippen molar-refractivity contribution in [1.82, 2.24) is 0 Å². The van der Waals surface area contributed by atoms with Gasteiger partial charge in [-0.25, -0.2) is 13.6 Å². The van der Waals surface area contributed by atoms with E-state index in [1.54, 1.807) is 0 Å². The number of hydrogen-bond acceptors (Lipinski definition) is 2. The van der Waals surface area contributed by atoms with E-state index in [1.807, 2.05) is 0 Å². The van der Waals surface area contributed by atoms with Crippen molar-refractivity contribution in [1.29, 1.82) is 0 Å². The number of methoxy groups -OCH3 is 1. The highest BCUT2D eigenvalue weighted by atomic mass is 19.2. The van der Waals surface area contributed by atoms with Gasteiger partial charge in [-0.05, 0) is 6.07 Å². The minimum atomic E-state index is -1.37. The molecule has 0 saturated heterocycles. The van der Waals surface area contributed by atoms with Crippen LogP contribution in [0.4, 0.5) is 8.78 Å². The zero-order valence-corrected chi connectivity index (χ0v) is 6.67. The molecule has 0 heterocycles. The molecule has 0 saturated carbocycles. The van der Waals surface area contributed by atoms with Gasteiger partial charge in [0.05, 0.1) is 7.11 Å². The molecule has 1 N–H and O–H groups in total. The predicted octanol–water partition coefficient (Wildman–Crippen LogP) is 1.67. The first-order valence-electron chi connectivity index (χ1n) is 3.32. The first kappa shape index (κ1) is 9.44. The molecule has 0 aliphatic rings. The largest absolute Gasteiger partial charge is 0.496 e. The summed E-state index contributed by atoms with van der Waals surface area (Å²) in [5.41, 5.74) is -0.401. The molecule has 3 nitrogen and oxygen atoms in total. The highest BCUT2D eigenvalue weighted by Gasteiger charge is 2.15. The van der Waals surface area contributed by atoms with Crippen molar-refractivity contribution in [2.24, 2.45) is 0 Å². The van der Waals surface area contributed by atoms with Crippen LogP contribution in [-0.4, -0.2) is 18.2 Å². The number of ether oxygens (including phenoxy) is 1. The van der Waals surface area contributed by atoms with Crippen molar-refractivity contribution in [3.05, 3.63) is 29.3 Å². The van der Waals surface area contributed by atoms with Crippen LogP contribution in [0.3, 0.4) is 0 Å². The molecule has 0 bridgehead atoms. The lowest BCUT2D eigenvalue weighted by molar-refractivity contribution is 0.0692. The van der Waals surface area contributed by atoms with Gasteiger partial charge in [0.15, 0.2) is 11.6 Å². The van der Waals surface area contributed by atoms with E-state index in [0.29, 0.717) is 12.1 Å². The molecule has 0 aliphatic heterocycles. The Morgan fingerprint density at radius 1 is 1.38 bits per heavy atom. The van der Waals surface area contributed by atoms with Gasteiger partial charge >= 0.3 is 5.97 Å². The number of halogens is 2. The van der Waals surface area contributed by atoms with E-state index in [1.165, 1.54) is 7.11 Å². The van der Waals surface area contributed by atoms with Gasteiger partial charge in [0.25, 0.3) is 0 Å². The highest BCUT2D eigenvalue weighted by molar-refractivity contribution is 5.90. The zero-order valence-electron chi connectivity index (χ0n) is 6.67. The minimum Gasteiger partial charge on any atom is -0.496 e. The average molecular weight is 188 g/mol. The summed E-state index contributed by atoms with van der Waals surface area (Å²) >= 11 is 0. The van der Waals surface area contributed by atoms with Crippen LogP contribution in [0, 0.1) is 11.6 Å². The predicted molar refractivity (Wildman–Crippen MR) is 39.9 cm³/mol. The lowest BCUT2D eigenvalue weighted by atomic mass is 10.2. The van der Waals surface area contributed by atoms with Crippen LogP contribution in [0.25, 0.3) is 0 Å². The first-order valence-corrected chi connectivity index (χ1v) is 3.32. The van der Waals surface area contributed by atoms with Gasteiger partial charge in [-0.2, -0.15) is 0 Å². The van der Waals surface area contributed by atoms with E-state index >= 15 is 0 Å². The molecule has 0 aliphatic carbocycles. The molecular weight excluding hydrogens is 182 g/mol. The maximum atomic E-state index is 12.6. The lowest BCUT2D eigenvalue weighted by Gasteiger charge is -2.04. The number of carboxylic acids is 1. The number of hydrogen-bond donors (Lipinski definition) is 1. The second kappa shape index (κ2) is 3.38. The lowest BCUT2D eigenvalue weighted by Crippen LogP contribution is -2.02. The Bertz CT molecular complexity index is 349. The maximum absolute atomic E-state index is 12.6. The SMILES string of the molecule is COc1cc(F)c(F)cc1C(=O)O. The van der Waals surface area contributed by atoms with Gasteiger partial charge in [0, 0.05) is 6.07 Å². The number of carboxylic acid groups (broad SMARTS) is 1. The highest BCUT2D eigenvalue weighted by Crippen LogP contribution is 2.21. The molecule has 1 aromatic carbocycles. The number of carbonyl (C=O) groups is 1. The molecule has 0 aromatic heterocycles. The van der Waals surface area contributed by atoms with Gasteiger partial charge < -0.3 is 9.84 Å². The Morgan fingerprint density at radius 3 is 2.38 bits per heavy atom. The van der Waals surface area contributed by atoms with Crippen LogP contribution in [0.2, 0.25) is 0 Å². The van der Waals surface area contributed by atoms with Crippen LogP contribution < -0.4 is 4.74 Å². The topological polar surface area (TPSA) is 46.5 Å². The number of benzene rings is 1. The van der Waals surface area contributed by atoms with Gasteiger partial charge in [-0.1, -0.05) is 0 Å². The molecule has 0 unspecified atom stereocenters. The molecule has 0 radical (unpaired) electrons. The Morgan fingerprint density at radius 2 is 1.92 bits per heavy atom. The summed E-state index contributed by atoms with van der Waals surface area (Å²) in [6, 6.07) is 1.27. The van der Waals surface area contributed by atoms with Crippen LogP contribution in [0.1, 0.15) is 10.4 Å². The molecule has 0 fully saturated rings. The van der Waals surface area contributed by atoms with E-state index in [-0.39, 0.29) is 5.75 Å². The Hall–Kier alpha value is -1.65.